The summed E-state index contributed by atoms with van der Waals surface area (Å²) in [6, 6.07) is -0.411. The zero-order valence-corrected chi connectivity index (χ0v) is 9.25. The van der Waals surface area contributed by atoms with Crippen LogP contribution in [0.15, 0.2) is 0 Å². The maximum Gasteiger partial charge on any atom is 0.407 e. The molecule has 0 radical (unpaired) electrons. The Hall–Kier alpha value is -0.840. The smallest absolute Gasteiger partial charge is 0.407 e. The predicted molar refractivity (Wildman–Crippen MR) is 55.5 cm³/mol. The van der Waals surface area contributed by atoms with Crippen LogP contribution in [0, 0.1) is 5.92 Å². The van der Waals surface area contributed by atoms with Crippen LogP contribution in [0.3, 0.4) is 0 Å². The highest BCUT2D eigenvalue weighted by molar-refractivity contribution is 5.67. The van der Waals surface area contributed by atoms with E-state index in [0.29, 0.717) is 25.5 Å². The van der Waals surface area contributed by atoms with E-state index in [1.54, 1.807) is 0 Å². The lowest BCUT2D eigenvalue weighted by molar-refractivity contribution is 0.117. The molecule has 1 amide bonds. The van der Waals surface area contributed by atoms with Gasteiger partial charge in [-0.15, -0.1) is 0 Å². The van der Waals surface area contributed by atoms with E-state index in [4.69, 9.17) is 4.74 Å². The van der Waals surface area contributed by atoms with Crippen molar-refractivity contribution in [1.82, 2.24) is 10.6 Å². The highest BCUT2D eigenvalue weighted by Gasteiger charge is 2.26. The molecule has 1 rings (SSSR count). The molecule has 2 N–H and O–H groups in total. The molecule has 1 fully saturated rings. The molecule has 1 saturated heterocycles. The molecule has 0 bridgehead atoms. The number of hydrogen-bond acceptors (Lipinski definition) is 3. The number of alkyl carbamates (subject to hydrolysis) is 1. The van der Waals surface area contributed by atoms with Crippen LogP contribution in [0.2, 0.25) is 0 Å². The molecule has 2 unspecified atom stereocenters. The molecule has 1 heterocycles. The number of hydrogen-bond donors (Lipinski definition) is 2. The first-order valence-electron chi connectivity index (χ1n) is 5.37. The van der Waals surface area contributed by atoms with Gasteiger partial charge in [0.1, 0.15) is 6.17 Å². The standard InChI is InChI=1S/C10H19FN2O2/c1-7(2)6-15-10(14)13-9-3-4-12-5-8(9)11/h7-9,12H,3-6H2,1-2H3,(H,13,14). The van der Waals surface area contributed by atoms with E-state index in [2.05, 4.69) is 10.6 Å². The van der Waals surface area contributed by atoms with Crippen molar-refractivity contribution in [3.63, 3.8) is 0 Å². The SMILES string of the molecule is CC(C)COC(=O)NC1CCNCC1F. The van der Waals surface area contributed by atoms with E-state index in [-0.39, 0.29) is 0 Å². The van der Waals surface area contributed by atoms with Gasteiger partial charge in [0.05, 0.1) is 12.6 Å². The fourth-order valence-electron chi connectivity index (χ4n) is 1.42. The molecule has 1 aliphatic heterocycles. The van der Waals surface area contributed by atoms with Gasteiger partial charge in [-0.25, -0.2) is 9.18 Å². The summed E-state index contributed by atoms with van der Waals surface area (Å²) in [5.74, 6) is 0.296. The first-order chi connectivity index (χ1) is 7.09. The van der Waals surface area contributed by atoms with Gasteiger partial charge in [-0.05, 0) is 18.9 Å². The summed E-state index contributed by atoms with van der Waals surface area (Å²) in [5, 5.41) is 5.47. The van der Waals surface area contributed by atoms with Gasteiger partial charge >= 0.3 is 6.09 Å². The zero-order chi connectivity index (χ0) is 11.3. The number of halogens is 1. The van der Waals surface area contributed by atoms with Crippen LogP contribution in [0.4, 0.5) is 9.18 Å². The van der Waals surface area contributed by atoms with Gasteiger partial charge in [0.2, 0.25) is 0 Å². The second-order valence-electron chi connectivity index (χ2n) is 4.25. The number of amides is 1. The molecule has 1 aliphatic rings. The summed E-state index contributed by atoms with van der Waals surface area (Å²) in [6.45, 7) is 5.31. The average Bonchev–Trinajstić information content (AvgIpc) is 2.18. The summed E-state index contributed by atoms with van der Waals surface area (Å²) in [7, 11) is 0. The van der Waals surface area contributed by atoms with E-state index in [0.717, 1.165) is 6.54 Å². The van der Waals surface area contributed by atoms with Crippen molar-refractivity contribution in [2.24, 2.45) is 5.92 Å². The first kappa shape index (κ1) is 12.2. The quantitative estimate of drug-likeness (QED) is 0.745. The molecule has 0 aromatic carbocycles. The van der Waals surface area contributed by atoms with Crippen molar-refractivity contribution in [1.29, 1.82) is 0 Å². The van der Waals surface area contributed by atoms with Crippen molar-refractivity contribution in [3.05, 3.63) is 0 Å². The van der Waals surface area contributed by atoms with Gasteiger partial charge in [0, 0.05) is 6.54 Å². The normalized spacial score (nSPS) is 26.4. The van der Waals surface area contributed by atoms with Crippen LogP contribution >= 0.6 is 0 Å². The Morgan fingerprint density at radius 2 is 2.40 bits per heavy atom. The van der Waals surface area contributed by atoms with E-state index in [1.807, 2.05) is 13.8 Å². The first-order valence-corrected chi connectivity index (χ1v) is 5.37. The predicted octanol–water partition coefficient (Wildman–Crippen LogP) is 1.07. The Kier molecular flexibility index (Phi) is 4.81. The van der Waals surface area contributed by atoms with Gasteiger partial charge in [0.25, 0.3) is 0 Å². The zero-order valence-electron chi connectivity index (χ0n) is 9.25. The Labute approximate surface area is 89.6 Å². The van der Waals surface area contributed by atoms with Crippen molar-refractivity contribution in [3.8, 4) is 0 Å². The molecule has 2 atom stereocenters. The lowest BCUT2D eigenvalue weighted by atomic mass is 10.1. The largest absolute Gasteiger partial charge is 0.449 e. The maximum absolute atomic E-state index is 13.3. The van der Waals surface area contributed by atoms with Gasteiger partial charge in [-0.1, -0.05) is 13.8 Å². The Morgan fingerprint density at radius 1 is 1.67 bits per heavy atom. The number of carbonyl (C=O) groups excluding carboxylic acids is 1. The molecule has 4 nitrogen and oxygen atoms in total. The Morgan fingerprint density at radius 3 is 3.00 bits per heavy atom. The van der Waals surface area contributed by atoms with E-state index >= 15 is 0 Å². The van der Waals surface area contributed by atoms with E-state index in [1.165, 1.54) is 0 Å². The molecule has 0 saturated carbocycles. The van der Waals surface area contributed by atoms with Crippen LogP contribution in [-0.4, -0.2) is 38.0 Å². The summed E-state index contributed by atoms with van der Waals surface area (Å²) < 4.78 is 18.2. The number of carbonyl (C=O) groups is 1. The maximum atomic E-state index is 13.3. The minimum absolute atomic E-state index is 0.296. The number of rotatable bonds is 3. The van der Waals surface area contributed by atoms with Crippen LogP contribution in [-0.2, 0) is 4.74 Å². The number of nitrogens with one attached hydrogen (secondary N) is 2. The number of ether oxygens (including phenoxy) is 1. The van der Waals surface area contributed by atoms with Crippen LogP contribution in [0.5, 0.6) is 0 Å². The second-order valence-corrected chi connectivity index (χ2v) is 4.25. The highest BCUT2D eigenvalue weighted by atomic mass is 19.1. The highest BCUT2D eigenvalue weighted by Crippen LogP contribution is 2.07. The van der Waals surface area contributed by atoms with E-state index < -0.39 is 18.3 Å². The molecule has 0 aromatic rings. The van der Waals surface area contributed by atoms with Crippen molar-refractivity contribution >= 4 is 6.09 Å². The van der Waals surface area contributed by atoms with Crippen LogP contribution < -0.4 is 10.6 Å². The monoisotopic (exact) mass is 218 g/mol. The third-order valence-electron chi connectivity index (χ3n) is 2.26. The van der Waals surface area contributed by atoms with Crippen molar-refractivity contribution in [2.45, 2.75) is 32.5 Å². The van der Waals surface area contributed by atoms with E-state index in [9.17, 15) is 9.18 Å². The number of alkyl halides is 1. The van der Waals surface area contributed by atoms with Crippen LogP contribution in [0.25, 0.3) is 0 Å². The molecular formula is C10H19FN2O2. The minimum Gasteiger partial charge on any atom is -0.449 e. The van der Waals surface area contributed by atoms with Gasteiger partial charge in [0.15, 0.2) is 0 Å². The third-order valence-corrected chi connectivity index (χ3v) is 2.26. The number of piperidine rings is 1. The molecule has 0 aromatic heterocycles. The van der Waals surface area contributed by atoms with Gasteiger partial charge < -0.3 is 15.4 Å². The van der Waals surface area contributed by atoms with Crippen LogP contribution in [0.1, 0.15) is 20.3 Å². The molecule has 5 heteroatoms. The fraction of sp³-hybridized carbons (Fsp3) is 0.900. The van der Waals surface area contributed by atoms with Gasteiger partial charge in [-0.3, -0.25) is 0 Å². The average molecular weight is 218 g/mol. The molecule has 88 valence electrons. The summed E-state index contributed by atoms with van der Waals surface area (Å²) in [6.07, 6.45) is -0.929. The molecule has 0 aliphatic carbocycles. The topological polar surface area (TPSA) is 50.4 Å². The second kappa shape index (κ2) is 5.90. The summed E-state index contributed by atoms with van der Waals surface area (Å²) >= 11 is 0. The van der Waals surface area contributed by atoms with Crippen molar-refractivity contribution in [2.75, 3.05) is 19.7 Å². The lowest BCUT2D eigenvalue weighted by Gasteiger charge is -2.27. The fourth-order valence-corrected chi connectivity index (χ4v) is 1.42. The van der Waals surface area contributed by atoms with Crippen molar-refractivity contribution < 1.29 is 13.9 Å². The summed E-state index contributed by atoms with van der Waals surface area (Å²) in [4.78, 5) is 11.2. The third kappa shape index (κ3) is 4.46. The Bertz CT molecular complexity index is 212. The molecule has 15 heavy (non-hydrogen) atoms. The minimum atomic E-state index is -1.02. The van der Waals surface area contributed by atoms with Gasteiger partial charge in [-0.2, -0.15) is 0 Å². The summed E-state index contributed by atoms with van der Waals surface area (Å²) in [5.41, 5.74) is 0. The molecule has 0 spiro atoms. The Balaban J connectivity index is 2.24. The lowest BCUT2D eigenvalue weighted by Crippen LogP contribution is -2.51. The molecular weight excluding hydrogens is 199 g/mol.